The van der Waals surface area contributed by atoms with Crippen molar-refractivity contribution in [1.29, 1.82) is 0 Å². The van der Waals surface area contributed by atoms with Crippen molar-refractivity contribution in [2.24, 2.45) is 0 Å². The number of carbonyl (C=O) groups excluding carboxylic acids is 1. The molecule has 25 heavy (non-hydrogen) atoms. The van der Waals surface area contributed by atoms with Crippen LogP contribution in [0.1, 0.15) is 11.1 Å². The van der Waals surface area contributed by atoms with Gasteiger partial charge in [0.15, 0.2) is 11.5 Å². The molecule has 0 spiro atoms. The zero-order valence-electron chi connectivity index (χ0n) is 13.0. The highest BCUT2D eigenvalue weighted by atomic mass is 19.4. The lowest BCUT2D eigenvalue weighted by Crippen LogP contribution is -2.27. The molecule has 3 rings (SSSR count). The number of ether oxygens (including phenoxy) is 2. The minimum atomic E-state index is -4.39. The number of halogens is 3. The van der Waals surface area contributed by atoms with E-state index >= 15 is 0 Å². The Bertz CT molecular complexity index is 761. The number of amides is 1. The van der Waals surface area contributed by atoms with Crippen LogP contribution in [0.15, 0.2) is 42.5 Å². The highest BCUT2D eigenvalue weighted by Gasteiger charge is 2.29. The number of nitrogens with one attached hydrogen (secondary N) is 2. The summed E-state index contributed by atoms with van der Waals surface area (Å²) in [4.78, 5) is 11.8. The van der Waals surface area contributed by atoms with Crippen LogP contribution < -0.4 is 20.1 Å². The lowest BCUT2D eigenvalue weighted by molar-refractivity contribution is -0.137. The van der Waals surface area contributed by atoms with Crippen LogP contribution in [0.3, 0.4) is 0 Å². The molecule has 1 amide bonds. The van der Waals surface area contributed by atoms with Gasteiger partial charge in [-0.1, -0.05) is 6.07 Å². The van der Waals surface area contributed by atoms with Gasteiger partial charge in [0.05, 0.1) is 12.1 Å². The Kier molecular flexibility index (Phi) is 4.80. The second-order valence-electron chi connectivity index (χ2n) is 5.41. The van der Waals surface area contributed by atoms with E-state index in [0.717, 1.165) is 17.7 Å². The van der Waals surface area contributed by atoms with Crippen LogP contribution in [-0.2, 0) is 17.5 Å². The summed E-state index contributed by atoms with van der Waals surface area (Å²) in [5.74, 6) is 0.998. The van der Waals surface area contributed by atoms with Gasteiger partial charge in [-0.25, -0.2) is 0 Å². The molecule has 0 bridgehead atoms. The van der Waals surface area contributed by atoms with Crippen LogP contribution in [0.5, 0.6) is 11.5 Å². The van der Waals surface area contributed by atoms with Gasteiger partial charge >= 0.3 is 6.18 Å². The first-order valence-corrected chi connectivity index (χ1v) is 7.48. The van der Waals surface area contributed by atoms with Gasteiger partial charge in [0, 0.05) is 12.2 Å². The smallest absolute Gasteiger partial charge is 0.416 e. The van der Waals surface area contributed by atoms with Crippen LogP contribution in [0.2, 0.25) is 0 Å². The van der Waals surface area contributed by atoms with Gasteiger partial charge in [-0.15, -0.1) is 0 Å². The maximum atomic E-state index is 12.5. The topological polar surface area (TPSA) is 59.6 Å². The van der Waals surface area contributed by atoms with Crippen LogP contribution in [-0.4, -0.2) is 19.2 Å². The lowest BCUT2D eigenvalue weighted by Gasteiger charge is -2.09. The van der Waals surface area contributed by atoms with Gasteiger partial charge in [-0.05, 0) is 42.0 Å². The predicted octanol–water partition coefficient (Wildman–Crippen LogP) is 3.16. The molecular formula is C17H15F3N2O3. The summed E-state index contributed by atoms with van der Waals surface area (Å²) >= 11 is 0. The molecule has 0 aromatic heterocycles. The monoisotopic (exact) mass is 352 g/mol. The number of hydrogen-bond acceptors (Lipinski definition) is 4. The van der Waals surface area contributed by atoms with Crippen LogP contribution in [0.4, 0.5) is 18.9 Å². The Hall–Kier alpha value is -2.74. The van der Waals surface area contributed by atoms with Gasteiger partial charge in [0.2, 0.25) is 12.7 Å². The third-order valence-corrected chi connectivity index (χ3v) is 3.55. The van der Waals surface area contributed by atoms with E-state index in [0.29, 0.717) is 23.7 Å². The average Bonchev–Trinajstić information content (AvgIpc) is 3.02. The summed E-state index contributed by atoms with van der Waals surface area (Å²) in [6, 6.07) is 9.77. The summed E-state index contributed by atoms with van der Waals surface area (Å²) in [7, 11) is 0. The van der Waals surface area contributed by atoms with Crippen molar-refractivity contribution in [1.82, 2.24) is 5.32 Å². The molecule has 0 aliphatic carbocycles. The summed E-state index contributed by atoms with van der Waals surface area (Å²) < 4.78 is 47.9. The van der Waals surface area contributed by atoms with E-state index in [-0.39, 0.29) is 19.2 Å². The normalized spacial score (nSPS) is 12.9. The molecule has 0 saturated carbocycles. The Labute approximate surface area is 141 Å². The van der Waals surface area contributed by atoms with Crippen molar-refractivity contribution in [2.45, 2.75) is 12.7 Å². The number of hydrogen-bond donors (Lipinski definition) is 2. The van der Waals surface area contributed by atoms with Crippen molar-refractivity contribution in [2.75, 3.05) is 18.7 Å². The molecule has 1 aliphatic rings. The zero-order chi connectivity index (χ0) is 17.9. The first-order chi connectivity index (χ1) is 11.9. The van der Waals surface area contributed by atoms with Crippen molar-refractivity contribution >= 4 is 11.6 Å². The van der Waals surface area contributed by atoms with Crippen LogP contribution in [0.25, 0.3) is 0 Å². The molecule has 0 atom stereocenters. The Morgan fingerprint density at radius 2 is 1.76 bits per heavy atom. The highest BCUT2D eigenvalue weighted by molar-refractivity contribution is 5.92. The van der Waals surface area contributed by atoms with Gasteiger partial charge in [0.1, 0.15) is 0 Å². The van der Waals surface area contributed by atoms with E-state index in [1.165, 1.54) is 12.1 Å². The van der Waals surface area contributed by atoms with E-state index in [1.54, 1.807) is 6.07 Å². The molecule has 5 nitrogen and oxygen atoms in total. The third kappa shape index (κ3) is 4.42. The fraction of sp³-hybridized carbons (Fsp3) is 0.235. The number of fused-ring (bicyclic) bond motifs is 1. The Morgan fingerprint density at radius 1 is 1.04 bits per heavy atom. The quantitative estimate of drug-likeness (QED) is 0.868. The first kappa shape index (κ1) is 17.1. The molecule has 8 heteroatoms. The molecule has 0 unspecified atom stereocenters. The maximum Gasteiger partial charge on any atom is 0.416 e. The molecule has 2 N–H and O–H groups in total. The van der Waals surface area contributed by atoms with Crippen molar-refractivity contribution in [3.8, 4) is 11.5 Å². The van der Waals surface area contributed by atoms with E-state index in [1.807, 2.05) is 12.1 Å². The second kappa shape index (κ2) is 7.02. The largest absolute Gasteiger partial charge is 0.454 e. The number of benzene rings is 2. The molecule has 0 fully saturated rings. The molecular weight excluding hydrogens is 337 g/mol. The minimum Gasteiger partial charge on any atom is -0.454 e. The van der Waals surface area contributed by atoms with Crippen LogP contribution >= 0.6 is 0 Å². The summed E-state index contributed by atoms with van der Waals surface area (Å²) in [6.07, 6.45) is -4.39. The fourth-order valence-corrected chi connectivity index (χ4v) is 2.32. The Morgan fingerprint density at radius 3 is 2.48 bits per heavy atom. The van der Waals surface area contributed by atoms with E-state index in [9.17, 15) is 18.0 Å². The molecule has 2 aromatic rings. The molecule has 2 aromatic carbocycles. The Balaban J connectivity index is 1.46. The lowest BCUT2D eigenvalue weighted by atomic mass is 10.2. The molecule has 1 heterocycles. The molecule has 0 saturated heterocycles. The van der Waals surface area contributed by atoms with Crippen molar-refractivity contribution in [3.63, 3.8) is 0 Å². The molecule has 0 radical (unpaired) electrons. The van der Waals surface area contributed by atoms with Crippen molar-refractivity contribution in [3.05, 3.63) is 53.6 Å². The zero-order valence-corrected chi connectivity index (χ0v) is 13.0. The number of rotatable bonds is 5. The third-order valence-electron chi connectivity index (χ3n) is 3.55. The van der Waals surface area contributed by atoms with Crippen LogP contribution in [0, 0.1) is 0 Å². The standard InChI is InChI=1S/C17H15F3N2O3/c18-17(19,20)12-2-4-13(5-3-12)22-16(23)9-21-8-11-1-6-14-15(7-11)25-10-24-14/h1-7,21H,8-10H2,(H,22,23). The summed E-state index contributed by atoms with van der Waals surface area (Å²) in [5, 5.41) is 5.50. The van der Waals surface area contributed by atoms with Gasteiger partial charge in [0.25, 0.3) is 0 Å². The van der Waals surface area contributed by atoms with E-state index in [4.69, 9.17) is 9.47 Å². The highest BCUT2D eigenvalue weighted by Crippen LogP contribution is 2.32. The van der Waals surface area contributed by atoms with Gasteiger partial charge in [-0.3, -0.25) is 4.79 Å². The predicted molar refractivity (Wildman–Crippen MR) is 84.3 cm³/mol. The first-order valence-electron chi connectivity index (χ1n) is 7.48. The van der Waals surface area contributed by atoms with Gasteiger partial charge < -0.3 is 20.1 Å². The second-order valence-corrected chi connectivity index (χ2v) is 5.41. The number of carbonyl (C=O) groups is 1. The number of anilines is 1. The molecule has 132 valence electrons. The summed E-state index contributed by atoms with van der Waals surface area (Å²) in [6.45, 7) is 0.661. The van der Waals surface area contributed by atoms with E-state index in [2.05, 4.69) is 10.6 Å². The number of alkyl halides is 3. The van der Waals surface area contributed by atoms with Gasteiger partial charge in [-0.2, -0.15) is 13.2 Å². The summed E-state index contributed by atoms with van der Waals surface area (Å²) in [5.41, 5.74) is 0.473. The maximum absolute atomic E-state index is 12.5. The molecule has 1 aliphatic heterocycles. The average molecular weight is 352 g/mol. The van der Waals surface area contributed by atoms with E-state index < -0.39 is 11.7 Å². The minimum absolute atomic E-state index is 0.0233. The van der Waals surface area contributed by atoms with Crippen molar-refractivity contribution < 1.29 is 27.4 Å². The fourth-order valence-electron chi connectivity index (χ4n) is 2.32. The SMILES string of the molecule is O=C(CNCc1ccc2c(c1)OCO2)Nc1ccc(C(F)(F)F)cc1.